The molecule has 1 aromatic carbocycles. The standard InChI is InChI=1S/C19H19FN4O2S2/c1-3-11(2)15(21-16(25)14-5-4-10-27-14)17(26)22-19-24-23-18(28-19)12-6-8-13(20)9-7-12/h4-11,15H,3H2,1-2H3,(H,21,25)(H,22,24,26). The maximum Gasteiger partial charge on any atom is 0.262 e. The van der Waals surface area contributed by atoms with Crippen molar-refractivity contribution in [2.45, 2.75) is 26.3 Å². The summed E-state index contributed by atoms with van der Waals surface area (Å²) in [5.41, 5.74) is 0.712. The van der Waals surface area contributed by atoms with E-state index in [2.05, 4.69) is 20.8 Å². The van der Waals surface area contributed by atoms with E-state index in [1.54, 1.807) is 24.3 Å². The first kappa shape index (κ1) is 20.1. The number of carbonyl (C=O) groups excluding carboxylic acids is 2. The third-order valence-corrected chi connectivity index (χ3v) is 6.03. The molecular formula is C19H19FN4O2S2. The van der Waals surface area contributed by atoms with Crippen LogP contribution in [-0.4, -0.2) is 28.1 Å². The maximum atomic E-state index is 13.1. The second-order valence-electron chi connectivity index (χ2n) is 6.22. The van der Waals surface area contributed by atoms with Crippen molar-refractivity contribution in [2.75, 3.05) is 5.32 Å². The molecule has 0 saturated carbocycles. The van der Waals surface area contributed by atoms with Gasteiger partial charge in [-0.05, 0) is 41.6 Å². The summed E-state index contributed by atoms with van der Waals surface area (Å²) < 4.78 is 13.1. The van der Waals surface area contributed by atoms with Gasteiger partial charge in [0.05, 0.1) is 4.88 Å². The summed E-state index contributed by atoms with van der Waals surface area (Å²) in [4.78, 5) is 25.7. The van der Waals surface area contributed by atoms with Crippen molar-refractivity contribution in [3.8, 4) is 10.6 Å². The number of anilines is 1. The second-order valence-corrected chi connectivity index (χ2v) is 8.15. The molecule has 2 atom stereocenters. The second kappa shape index (κ2) is 9.03. The van der Waals surface area contributed by atoms with Gasteiger partial charge in [-0.25, -0.2) is 4.39 Å². The first-order chi connectivity index (χ1) is 13.5. The molecule has 0 aliphatic rings. The fourth-order valence-corrected chi connectivity index (χ4v) is 3.87. The molecule has 9 heteroatoms. The smallest absolute Gasteiger partial charge is 0.262 e. The van der Waals surface area contributed by atoms with Crippen LogP contribution in [0.5, 0.6) is 0 Å². The molecule has 0 aliphatic heterocycles. The molecule has 0 spiro atoms. The van der Waals surface area contributed by atoms with E-state index in [-0.39, 0.29) is 23.5 Å². The lowest BCUT2D eigenvalue weighted by atomic mass is 9.98. The number of nitrogens with one attached hydrogen (secondary N) is 2. The quantitative estimate of drug-likeness (QED) is 0.603. The van der Waals surface area contributed by atoms with Crippen LogP contribution < -0.4 is 10.6 Å². The minimum Gasteiger partial charge on any atom is -0.339 e. The predicted molar refractivity (Wildman–Crippen MR) is 109 cm³/mol. The summed E-state index contributed by atoms with van der Waals surface area (Å²) in [6.45, 7) is 3.86. The number of carbonyl (C=O) groups is 2. The molecule has 2 aromatic heterocycles. The fourth-order valence-electron chi connectivity index (χ4n) is 2.49. The number of nitrogens with zero attached hydrogens (tertiary/aromatic N) is 2. The van der Waals surface area contributed by atoms with E-state index in [9.17, 15) is 14.0 Å². The minimum atomic E-state index is -0.697. The van der Waals surface area contributed by atoms with Gasteiger partial charge in [0, 0.05) is 5.56 Å². The van der Waals surface area contributed by atoms with Gasteiger partial charge in [-0.15, -0.1) is 21.5 Å². The highest BCUT2D eigenvalue weighted by Crippen LogP contribution is 2.26. The molecule has 0 radical (unpaired) electrons. The number of aromatic nitrogens is 2. The van der Waals surface area contributed by atoms with Crippen molar-refractivity contribution in [3.05, 3.63) is 52.5 Å². The average molecular weight is 419 g/mol. The predicted octanol–water partition coefficient (Wildman–Crippen LogP) is 4.19. The van der Waals surface area contributed by atoms with Gasteiger partial charge in [0.1, 0.15) is 16.9 Å². The van der Waals surface area contributed by atoms with Gasteiger partial charge in [-0.3, -0.25) is 14.9 Å². The number of hydrogen-bond acceptors (Lipinski definition) is 6. The van der Waals surface area contributed by atoms with Crippen molar-refractivity contribution in [2.24, 2.45) is 5.92 Å². The summed E-state index contributed by atoms with van der Waals surface area (Å²) in [5, 5.41) is 16.3. The lowest BCUT2D eigenvalue weighted by Crippen LogP contribution is -2.47. The Kier molecular flexibility index (Phi) is 6.48. The number of thiophene rings is 1. The van der Waals surface area contributed by atoms with Crippen LogP contribution in [0.2, 0.25) is 0 Å². The van der Waals surface area contributed by atoms with Crippen LogP contribution in [0.1, 0.15) is 29.9 Å². The van der Waals surface area contributed by atoms with E-state index in [0.29, 0.717) is 20.6 Å². The normalized spacial score (nSPS) is 13.0. The Hall–Kier alpha value is -2.65. The van der Waals surface area contributed by atoms with E-state index in [1.165, 1.54) is 34.8 Å². The van der Waals surface area contributed by atoms with Gasteiger partial charge in [-0.1, -0.05) is 37.7 Å². The number of hydrogen-bond donors (Lipinski definition) is 2. The lowest BCUT2D eigenvalue weighted by Gasteiger charge is -2.22. The van der Waals surface area contributed by atoms with Gasteiger partial charge in [0.25, 0.3) is 5.91 Å². The zero-order valence-electron chi connectivity index (χ0n) is 15.3. The van der Waals surface area contributed by atoms with Gasteiger partial charge < -0.3 is 5.32 Å². The highest BCUT2D eigenvalue weighted by atomic mass is 32.1. The summed E-state index contributed by atoms with van der Waals surface area (Å²) in [6, 6.07) is 8.69. The number of benzene rings is 1. The highest BCUT2D eigenvalue weighted by molar-refractivity contribution is 7.18. The lowest BCUT2D eigenvalue weighted by molar-refractivity contribution is -0.119. The van der Waals surface area contributed by atoms with Crippen LogP contribution in [0.4, 0.5) is 9.52 Å². The first-order valence-corrected chi connectivity index (χ1v) is 10.4. The van der Waals surface area contributed by atoms with Gasteiger partial charge in [-0.2, -0.15) is 0 Å². The third kappa shape index (κ3) is 4.79. The average Bonchev–Trinajstić information content (AvgIpc) is 3.38. The third-order valence-electron chi connectivity index (χ3n) is 4.27. The largest absolute Gasteiger partial charge is 0.339 e. The Morgan fingerprint density at radius 1 is 1.18 bits per heavy atom. The molecule has 28 heavy (non-hydrogen) atoms. The maximum absolute atomic E-state index is 13.1. The van der Waals surface area contributed by atoms with Crippen LogP contribution in [0.15, 0.2) is 41.8 Å². The molecule has 6 nitrogen and oxygen atoms in total. The van der Waals surface area contributed by atoms with E-state index in [0.717, 1.165) is 6.42 Å². The summed E-state index contributed by atoms with van der Waals surface area (Å²) >= 11 is 2.51. The molecule has 0 bridgehead atoms. The van der Waals surface area contributed by atoms with Gasteiger partial charge in [0.2, 0.25) is 11.0 Å². The Labute approximate surface area is 169 Å². The van der Waals surface area contributed by atoms with Crippen LogP contribution in [0.3, 0.4) is 0 Å². The van der Waals surface area contributed by atoms with Crippen molar-refractivity contribution in [1.82, 2.24) is 15.5 Å². The number of amides is 2. The zero-order valence-corrected chi connectivity index (χ0v) is 16.9. The molecule has 0 fully saturated rings. The molecule has 2 amide bonds. The topological polar surface area (TPSA) is 84.0 Å². The Morgan fingerprint density at radius 2 is 1.93 bits per heavy atom. The number of rotatable bonds is 7. The van der Waals surface area contributed by atoms with Gasteiger partial charge in [0.15, 0.2) is 0 Å². The molecule has 0 saturated heterocycles. The van der Waals surface area contributed by atoms with Gasteiger partial charge >= 0.3 is 0 Å². The van der Waals surface area contributed by atoms with Crippen molar-refractivity contribution >= 4 is 39.6 Å². The van der Waals surface area contributed by atoms with E-state index < -0.39 is 6.04 Å². The molecular weight excluding hydrogens is 399 g/mol. The molecule has 2 N–H and O–H groups in total. The molecule has 0 aliphatic carbocycles. The Morgan fingerprint density at radius 3 is 2.57 bits per heavy atom. The zero-order chi connectivity index (χ0) is 20.1. The fraction of sp³-hybridized carbons (Fsp3) is 0.263. The van der Waals surface area contributed by atoms with Crippen LogP contribution >= 0.6 is 22.7 Å². The first-order valence-electron chi connectivity index (χ1n) is 8.72. The van der Waals surface area contributed by atoms with Crippen molar-refractivity contribution in [3.63, 3.8) is 0 Å². The minimum absolute atomic E-state index is 0.0617. The molecule has 3 aromatic rings. The summed E-state index contributed by atoms with van der Waals surface area (Å²) in [5.74, 6) is -1.02. The summed E-state index contributed by atoms with van der Waals surface area (Å²) in [7, 11) is 0. The molecule has 146 valence electrons. The van der Waals surface area contributed by atoms with E-state index in [4.69, 9.17) is 0 Å². The molecule has 3 rings (SSSR count). The van der Waals surface area contributed by atoms with Crippen LogP contribution in [0, 0.1) is 11.7 Å². The Balaban J connectivity index is 1.71. The number of halogens is 1. The van der Waals surface area contributed by atoms with E-state index >= 15 is 0 Å². The highest BCUT2D eigenvalue weighted by Gasteiger charge is 2.27. The van der Waals surface area contributed by atoms with Crippen molar-refractivity contribution < 1.29 is 14.0 Å². The SMILES string of the molecule is CCC(C)C(NC(=O)c1cccs1)C(=O)Nc1nnc(-c2ccc(F)cc2)s1. The van der Waals surface area contributed by atoms with E-state index in [1.807, 2.05) is 19.2 Å². The molecule has 2 heterocycles. The van der Waals surface area contributed by atoms with Crippen LogP contribution in [-0.2, 0) is 4.79 Å². The van der Waals surface area contributed by atoms with Crippen molar-refractivity contribution in [1.29, 1.82) is 0 Å². The van der Waals surface area contributed by atoms with Crippen LogP contribution in [0.25, 0.3) is 10.6 Å². The summed E-state index contributed by atoms with van der Waals surface area (Å²) in [6.07, 6.45) is 0.722. The Bertz CT molecular complexity index is 941. The monoisotopic (exact) mass is 418 g/mol. The molecule has 2 unspecified atom stereocenters.